The molecule has 0 saturated carbocycles. The molecule has 1 aromatic carbocycles. The molecule has 0 saturated heterocycles. The summed E-state index contributed by atoms with van der Waals surface area (Å²) in [4.78, 5) is 0. The number of rotatable bonds is 1. The predicted octanol–water partition coefficient (Wildman–Crippen LogP) is 3.86. The van der Waals surface area contributed by atoms with Gasteiger partial charge < -0.3 is 5.11 Å². The summed E-state index contributed by atoms with van der Waals surface area (Å²) in [5.74, 6) is -0.668. The van der Waals surface area contributed by atoms with E-state index in [1.165, 1.54) is 23.5 Å². The maximum atomic E-state index is 13.0. The van der Waals surface area contributed by atoms with Gasteiger partial charge in [-0.2, -0.15) is 0 Å². The molecule has 3 nitrogen and oxygen atoms in total. The van der Waals surface area contributed by atoms with Crippen LogP contribution in [0.25, 0.3) is 21.3 Å². The van der Waals surface area contributed by atoms with Crippen LogP contribution in [0.4, 0.5) is 4.39 Å². The van der Waals surface area contributed by atoms with E-state index < -0.39 is 5.82 Å². The second-order valence-electron chi connectivity index (χ2n) is 3.66. The van der Waals surface area contributed by atoms with Crippen LogP contribution in [0.2, 0.25) is 5.15 Å². The normalized spacial score (nSPS) is 11.0. The van der Waals surface area contributed by atoms with Crippen LogP contribution in [0.5, 0.6) is 5.75 Å². The van der Waals surface area contributed by atoms with Gasteiger partial charge in [0.05, 0.1) is 4.70 Å². The summed E-state index contributed by atoms with van der Waals surface area (Å²) in [6.45, 7) is 0. The largest absolute Gasteiger partial charge is 0.507 e. The van der Waals surface area contributed by atoms with E-state index in [1.54, 1.807) is 0 Å². The Labute approximate surface area is 110 Å². The number of phenols is 1. The van der Waals surface area contributed by atoms with E-state index in [9.17, 15) is 9.50 Å². The molecule has 3 rings (SSSR count). The fourth-order valence-corrected chi connectivity index (χ4v) is 2.80. The van der Waals surface area contributed by atoms with Gasteiger partial charge in [0.25, 0.3) is 0 Å². The lowest BCUT2D eigenvalue weighted by atomic mass is 10.1. The first-order valence-electron chi connectivity index (χ1n) is 5.05. The average molecular weight is 281 g/mol. The van der Waals surface area contributed by atoms with Gasteiger partial charge in [-0.15, -0.1) is 21.5 Å². The van der Waals surface area contributed by atoms with Gasteiger partial charge in [0.2, 0.25) is 0 Å². The van der Waals surface area contributed by atoms with E-state index in [4.69, 9.17) is 11.6 Å². The summed E-state index contributed by atoms with van der Waals surface area (Å²) in [5, 5.41) is 20.6. The summed E-state index contributed by atoms with van der Waals surface area (Å²) in [5.41, 5.74) is 0.928. The topological polar surface area (TPSA) is 46.0 Å². The maximum absolute atomic E-state index is 13.0. The highest BCUT2D eigenvalue weighted by Gasteiger charge is 2.14. The van der Waals surface area contributed by atoms with Gasteiger partial charge in [-0.25, -0.2) is 4.39 Å². The lowest BCUT2D eigenvalue weighted by Gasteiger charge is -2.05. The second-order valence-corrected chi connectivity index (χ2v) is 4.94. The molecule has 0 fully saturated rings. The minimum atomic E-state index is -0.500. The van der Waals surface area contributed by atoms with Crippen molar-refractivity contribution in [3.63, 3.8) is 0 Å². The zero-order valence-electron chi connectivity index (χ0n) is 8.89. The Hall–Kier alpha value is -1.72. The maximum Gasteiger partial charge on any atom is 0.169 e. The van der Waals surface area contributed by atoms with Crippen molar-refractivity contribution in [2.45, 2.75) is 0 Å². The van der Waals surface area contributed by atoms with Crippen LogP contribution in [0.3, 0.4) is 0 Å². The highest BCUT2D eigenvalue weighted by molar-refractivity contribution is 7.17. The number of benzene rings is 1. The summed E-state index contributed by atoms with van der Waals surface area (Å²) in [6.07, 6.45) is 0. The average Bonchev–Trinajstić information content (AvgIpc) is 2.81. The van der Waals surface area contributed by atoms with Gasteiger partial charge in [0.1, 0.15) is 17.3 Å². The third kappa shape index (κ3) is 1.72. The number of fused-ring (bicyclic) bond motifs is 1. The second kappa shape index (κ2) is 4.19. The van der Waals surface area contributed by atoms with Crippen molar-refractivity contribution in [3.8, 4) is 17.0 Å². The van der Waals surface area contributed by atoms with E-state index in [2.05, 4.69) is 10.2 Å². The lowest BCUT2D eigenvalue weighted by molar-refractivity contribution is 0.471. The van der Waals surface area contributed by atoms with Crippen molar-refractivity contribution >= 4 is 33.0 Å². The van der Waals surface area contributed by atoms with Gasteiger partial charge in [-0.3, -0.25) is 0 Å². The van der Waals surface area contributed by atoms with E-state index in [0.29, 0.717) is 16.4 Å². The van der Waals surface area contributed by atoms with Crippen LogP contribution in [0.1, 0.15) is 0 Å². The smallest absolute Gasteiger partial charge is 0.169 e. The molecular weight excluding hydrogens is 275 g/mol. The molecule has 0 amide bonds. The van der Waals surface area contributed by atoms with Crippen LogP contribution in [0.15, 0.2) is 29.6 Å². The molecule has 0 aliphatic carbocycles. The van der Waals surface area contributed by atoms with Gasteiger partial charge in [0, 0.05) is 17.0 Å². The van der Waals surface area contributed by atoms with Gasteiger partial charge in [-0.1, -0.05) is 11.6 Å². The van der Waals surface area contributed by atoms with Crippen molar-refractivity contribution < 1.29 is 9.50 Å². The number of halogens is 2. The Morgan fingerprint density at radius 2 is 2.06 bits per heavy atom. The number of nitrogens with zero attached hydrogens (tertiary/aromatic N) is 2. The van der Waals surface area contributed by atoms with Crippen molar-refractivity contribution in [2.75, 3.05) is 0 Å². The zero-order chi connectivity index (χ0) is 12.7. The number of hydrogen-bond donors (Lipinski definition) is 1. The Bertz CT molecular complexity index is 744. The fourth-order valence-electron chi connectivity index (χ4n) is 1.75. The molecule has 1 N–H and O–H groups in total. The van der Waals surface area contributed by atoms with E-state index in [0.717, 1.165) is 16.2 Å². The predicted molar refractivity (Wildman–Crippen MR) is 69.5 cm³/mol. The summed E-state index contributed by atoms with van der Waals surface area (Å²) in [6, 6.07) is 5.63. The molecule has 90 valence electrons. The third-order valence-corrected chi connectivity index (χ3v) is 3.86. The van der Waals surface area contributed by atoms with Crippen LogP contribution in [-0.4, -0.2) is 15.3 Å². The Kier molecular flexibility index (Phi) is 2.65. The quantitative estimate of drug-likeness (QED) is 0.736. The minimum Gasteiger partial charge on any atom is -0.507 e. The molecular formula is C12H6ClFN2OS. The Morgan fingerprint density at radius 1 is 1.22 bits per heavy atom. The van der Waals surface area contributed by atoms with E-state index in [1.807, 2.05) is 11.4 Å². The van der Waals surface area contributed by atoms with Crippen LogP contribution < -0.4 is 0 Å². The number of thiophene rings is 1. The van der Waals surface area contributed by atoms with E-state index >= 15 is 0 Å². The minimum absolute atomic E-state index is 0.167. The van der Waals surface area contributed by atoms with Crippen molar-refractivity contribution in [1.29, 1.82) is 0 Å². The number of aromatic hydroxyl groups is 1. The molecule has 0 radical (unpaired) electrons. The Morgan fingerprint density at radius 3 is 2.83 bits per heavy atom. The Balaban J connectivity index is 2.32. The molecule has 3 aromatic rings. The standard InChI is InChI=1S/C12H6ClFN2OS/c13-12-11-8(3-4-18-11)10(15-16-12)7-2-1-6(14)5-9(7)17/h1-5,17H. The number of hydrogen-bond acceptors (Lipinski definition) is 4. The molecule has 2 heterocycles. The van der Waals surface area contributed by atoms with Gasteiger partial charge >= 0.3 is 0 Å². The molecule has 0 unspecified atom stereocenters. The van der Waals surface area contributed by atoms with Crippen LogP contribution in [-0.2, 0) is 0 Å². The lowest BCUT2D eigenvalue weighted by Crippen LogP contribution is -1.90. The SMILES string of the molecule is Oc1cc(F)ccc1-c1nnc(Cl)c2sccc12. The molecule has 0 spiro atoms. The first kappa shape index (κ1) is 11.4. The molecule has 0 aliphatic rings. The summed E-state index contributed by atoms with van der Waals surface area (Å²) >= 11 is 7.38. The first-order valence-corrected chi connectivity index (χ1v) is 6.31. The summed E-state index contributed by atoms with van der Waals surface area (Å²) < 4.78 is 13.8. The monoisotopic (exact) mass is 280 g/mol. The molecule has 0 atom stereocenters. The highest BCUT2D eigenvalue weighted by Crippen LogP contribution is 2.36. The fraction of sp³-hybridized carbons (Fsp3) is 0. The molecule has 6 heteroatoms. The molecule has 0 bridgehead atoms. The number of aromatic nitrogens is 2. The third-order valence-electron chi connectivity index (χ3n) is 2.56. The zero-order valence-corrected chi connectivity index (χ0v) is 10.5. The number of phenolic OH excluding ortho intramolecular Hbond substituents is 1. The highest BCUT2D eigenvalue weighted by atomic mass is 35.5. The van der Waals surface area contributed by atoms with Crippen LogP contribution in [0, 0.1) is 5.82 Å². The first-order chi connectivity index (χ1) is 8.66. The van der Waals surface area contributed by atoms with Crippen LogP contribution >= 0.6 is 22.9 Å². The van der Waals surface area contributed by atoms with Crippen molar-refractivity contribution in [1.82, 2.24) is 10.2 Å². The van der Waals surface area contributed by atoms with Gasteiger partial charge in [0.15, 0.2) is 5.15 Å². The summed E-state index contributed by atoms with van der Waals surface area (Å²) in [7, 11) is 0. The molecule has 2 aromatic heterocycles. The molecule has 0 aliphatic heterocycles. The van der Waals surface area contributed by atoms with Gasteiger partial charge in [-0.05, 0) is 23.6 Å². The van der Waals surface area contributed by atoms with E-state index in [-0.39, 0.29) is 5.75 Å². The molecule has 18 heavy (non-hydrogen) atoms. The van der Waals surface area contributed by atoms with Crippen molar-refractivity contribution in [3.05, 3.63) is 40.6 Å². The van der Waals surface area contributed by atoms with Crippen molar-refractivity contribution in [2.24, 2.45) is 0 Å².